The van der Waals surface area contributed by atoms with Gasteiger partial charge in [0.05, 0.1) is 6.61 Å². The van der Waals surface area contributed by atoms with Gasteiger partial charge in [-0.15, -0.1) is 0 Å². The largest absolute Gasteiger partial charge is 0.380 e. The predicted molar refractivity (Wildman–Crippen MR) is 77.3 cm³/mol. The number of aromatic nitrogens is 2. The monoisotopic (exact) mass is 276 g/mol. The Hall–Kier alpha value is -1.45. The Morgan fingerprint density at radius 2 is 1.84 bits per heavy atom. The number of benzene rings is 1. The molecule has 2 rings (SSSR count). The Balaban J connectivity index is 2.35. The van der Waals surface area contributed by atoms with E-state index in [2.05, 4.69) is 23.8 Å². The Labute approximate surface area is 118 Å². The van der Waals surface area contributed by atoms with Gasteiger partial charge in [-0.1, -0.05) is 49.7 Å². The van der Waals surface area contributed by atoms with Crippen molar-refractivity contribution in [2.45, 2.75) is 26.4 Å². The van der Waals surface area contributed by atoms with Crippen LogP contribution in [-0.4, -0.2) is 17.1 Å². The van der Waals surface area contributed by atoms with E-state index in [1.54, 1.807) is 7.11 Å². The number of rotatable bonds is 4. The van der Waals surface area contributed by atoms with Gasteiger partial charge in [0.25, 0.3) is 0 Å². The summed E-state index contributed by atoms with van der Waals surface area (Å²) in [6.45, 7) is 4.78. The van der Waals surface area contributed by atoms with Gasteiger partial charge in [-0.3, -0.25) is 0 Å². The first kappa shape index (κ1) is 14.0. The molecule has 0 aliphatic heterocycles. The smallest absolute Gasteiger partial charge is 0.161 e. The normalized spacial score (nSPS) is 11.0. The molecule has 100 valence electrons. The average molecular weight is 277 g/mol. The maximum atomic E-state index is 6.05. The zero-order chi connectivity index (χ0) is 13.8. The van der Waals surface area contributed by atoms with E-state index in [1.165, 1.54) is 0 Å². The number of ether oxygens (including phenoxy) is 1. The molecule has 0 saturated heterocycles. The van der Waals surface area contributed by atoms with Crippen molar-refractivity contribution in [3.8, 4) is 11.4 Å². The van der Waals surface area contributed by atoms with Crippen molar-refractivity contribution in [1.29, 1.82) is 0 Å². The first-order valence-electron chi connectivity index (χ1n) is 6.23. The van der Waals surface area contributed by atoms with Crippen molar-refractivity contribution in [3.05, 3.63) is 46.7 Å². The lowest BCUT2D eigenvalue weighted by atomic mass is 10.1. The van der Waals surface area contributed by atoms with Gasteiger partial charge in [-0.25, -0.2) is 9.97 Å². The Kier molecular flexibility index (Phi) is 4.51. The molecule has 0 aliphatic carbocycles. The third kappa shape index (κ3) is 3.52. The van der Waals surface area contributed by atoms with E-state index >= 15 is 0 Å². The van der Waals surface area contributed by atoms with E-state index in [0.717, 1.165) is 16.8 Å². The molecule has 0 saturated carbocycles. The molecule has 0 atom stereocenters. The maximum Gasteiger partial charge on any atom is 0.161 e. The maximum absolute atomic E-state index is 6.05. The van der Waals surface area contributed by atoms with Crippen LogP contribution in [0.5, 0.6) is 0 Å². The van der Waals surface area contributed by atoms with Gasteiger partial charge in [-0.2, -0.15) is 0 Å². The van der Waals surface area contributed by atoms with E-state index < -0.39 is 0 Å². The van der Waals surface area contributed by atoms with Crippen molar-refractivity contribution < 1.29 is 4.74 Å². The molecule has 3 nitrogen and oxygen atoms in total. The molecule has 0 unspecified atom stereocenters. The third-order valence-corrected chi connectivity index (χ3v) is 3.02. The van der Waals surface area contributed by atoms with Crippen LogP contribution in [-0.2, 0) is 11.3 Å². The van der Waals surface area contributed by atoms with Gasteiger partial charge in [0.1, 0.15) is 5.15 Å². The molecule has 0 bridgehead atoms. The highest BCUT2D eigenvalue weighted by Gasteiger charge is 2.08. The lowest BCUT2D eigenvalue weighted by Gasteiger charge is -2.08. The number of methoxy groups -OCH3 is 1. The molecule has 0 fully saturated rings. The van der Waals surface area contributed by atoms with Crippen LogP contribution in [0, 0.1) is 0 Å². The summed E-state index contributed by atoms with van der Waals surface area (Å²) in [6, 6.07) is 9.82. The predicted octanol–water partition coefficient (Wildman–Crippen LogP) is 4.07. The van der Waals surface area contributed by atoms with Crippen molar-refractivity contribution in [2.24, 2.45) is 0 Å². The fraction of sp³-hybridized carbons (Fsp3) is 0.333. The Morgan fingerprint density at radius 3 is 2.42 bits per heavy atom. The van der Waals surface area contributed by atoms with E-state index in [-0.39, 0.29) is 0 Å². The van der Waals surface area contributed by atoms with Gasteiger partial charge in [0.15, 0.2) is 5.82 Å². The molecule has 19 heavy (non-hydrogen) atoms. The minimum atomic E-state index is 0.326. The third-order valence-electron chi connectivity index (χ3n) is 2.83. The second kappa shape index (κ2) is 6.13. The molecule has 1 aromatic carbocycles. The fourth-order valence-corrected chi connectivity index (χ4v) is 1.97. The molecule has 0 amide bonds. The highest BCUT2D eigenvalue weighted by Crippen LogP contribution is 2.22. The van der Waals surface area contributed by atoms with Gasteiger partial charge in [-0.05, 0) is 17.5 Å². The van der Waals surface area contributed by atoms with Crippen LogP contribution in [0.2, 0.25) is 5.15 Å². The number of hydrogen-bond acceptors (Lipinski definition) is 3. The quantitative estimate of drug-likeness (QED) is 0.790. The summed E-state index contributed by atoms with van der Waals surface area (Å²) in [6.07, 6.45) is 0. The molecule has 0 radical (unpaired) electrons. The van der Waals surface area contributed by atoms with Crippen LogP contribution in [0.15, 0.2) is 30.3 Å². The summed E-state index contributed by atoms with van der Waals surface area (Å²) >= 11 is 6.05. The lowest BCUT2D eigenvalue weighted by molar-refractivity contribution is 0.185. The van der Waals surface area contributed by atoms with E-state index in [0.29, 0.717) is 23.5 Å². The molecule has 1 aromatic heterocycles. The topological polar surface area (TPSA) is 35.0 Å². The summed E-state index contributed by atoms with van der Waals surface area (Å²) in [7, 11) is 1.68. The highest BCUT2D eigenvalue weighted by atomic mass is 35.5. The molecular formula is C15H17ClN2O. The molecule has 2 aromatic rings. The Bertz CT molecular complexity index is 553. The van der Waals surface area contributed by atoms with Crippen molar-refractivity contribution in [2.75, 3.05) is 7.11 Å². The van der Waals surface area contributed by atoms with Crippen LogP contribution < -0.4 is 0 Å². The van der Waals surface area contributed by atoms with E-state index in [9.17, 15) is 0 Å². The van der Waals surface area contributed by atoms with Gasteiger partial charge >= 0.3 is 0 Å². The zero-order valence-electron chi connectivity index (χ0n) is 11.4. The van der Waals surface area contributed by atoms with Crippen molar-refractivity contribution in [3.63, 3.8) is 0 Å². The zero-order valence-corrected chi connectivity index (χ0v) is 12.1. The van der Waals surface area contributed by atoms with Crippen molar-refractivity contribution in [1.82, 2.24) is 9.97 Å². The van der Waals surface area contributed by atoms with Crippen LogP contribution in [0.4, 0.5) is 0 Å². The van der Waals surface area contributed by atoms with Crippen LogP contribution >= 0.6 is 11.6 Å². The molecule has 4 heteroatoms. The van der Waals surface area contributed by atoms with Crippen LogP contribution in [0.3, 0.4) is 0 Å². The summed E-state index contributed by atoms with van der Waals surface area (Å²) < 4.78 is 5.09. The average Bonchev–Trinajstić information content (AvgIpc) is 2.39. The summed E-state index contributed by atoms with van der Waals surface area (Å²) in [5.74, 6) is 0.993. The van der Waals surface area contributed by atoms with Crippen LogP contribution in [0.1, 0.15) is 31.0 Å². The molecular weight excluding hydrogens is 260 g/mol. The summed E-state index contributed by atoms with van der Waals surface area (Å²) in [5.41, 5.74) is 3.04. The molecule has 0 aliphatic rings. The van der Waals surface area contributed by atoms with Gasteiger partial charge in [0, 0.05) is 18.4 Å². The van der Waals surface area contributed by atoms with Gasteiger partial charge < -0.3 is 4.74 Å². The minimum absolute atomic E-state index is 0.326. The highest BCUT2D eigenvalue weighted by molar-refractivity contribution is 6.29. The minimum Gasteiger partial charge on any atom is -0.380 e. The van der Waals surface area contributed by atoms with E-state index in [4.69, 9.17) is 16.3 Å². The summed E-state index contributed by atoms with van der Waals surface area (Å²) in [5, 5.41) is 0.481. The first-order chi connectivity index (χ1) is 9.10. The van der Waals surface area contributed by atoms with Crippen molar-refractivity contribution >= 4 is 11.6 Å². The van der Waals surface area contributed by atoms with E-state index in [1.807, 2.05) is 30.3 Å². The second-order valence-electron chi connectivity index (χ2n) is 4.72. The molecule has 1 heterocycles. The molecule has 0 spiro atoms. The fourth-order valence-electron chi connectivity index (χ4n) is 1.78. The number of hydrogen-bond donors (Lipinski definition) is 0. The first-order valence-corrected chi connectivity index (χ1v) is 6.60. The summed E-state index contributed by atoms with van der Waals surface area (Å²) in [4.78, 5) is 8.84. The second-order valence-corrected chi connectivity index (χ2v) is 5.11. The Morgan fingerprint density at radius 1 is 1.16 bits per heavy atom. The molecule has 0 N–H and O–H groups in total. The SMILES string of the molecule is COCc1ccc(-c2nc(Cl)cc(C(C)C)n2)cc1. The van der Waals surface area contributed by atoms with Gasteiger partial charge in [0.2, 0.25) is 0 Å². The lowest BCUT2D eigenvalue weighted by Crippen LogP contribution is -1.98. The standard InChI is InChI=1S/C15H17ClN2O/c1-10(2)13-8-14(16)18-15(17-13)12-6-4-11(5-7-12)9-19-3/h4-8,10H,9H2,1-3H3. The number of halogens is 1. The number of nitrogens with zero attached hydrogens (tertiary/aromatic N) is 2. The van der Waals surface area contributed by atoms with Crippen LogP contribution in [0.25, 0.3) is 11.4 Å².